The summed E-state index contributed by atoms with van der Waals surface area (Å²) in [5, 5.41) is 34.4. The average molecular weight is 671 g/mol. The summed E-state index contributed by atoms with van der Waals surface area (Å²) in [7, 11) is 0. The number of aliphatic hydroxyl groups is 2. The van der Waals surface area contributed by atoms with Gasteiger partial charge in [0.2, 0.25) is 0 Å². The van der Waals surface area contributed by atoms with E-state index in [1.807, 2.05) is 80.6 Å². The van der Waals surface area contributed by atoms with E-state index in [0.717, 1.165) is 59.2 Å². The Hall–Kier alpha value is -4.02. The molecular formula is C43H46N2O3S. The first-order chi connectivity index (χ1) is 23.5. The summed E-state index contributed by atoms with van der Waals surface area (Å²) in [5.41, 5.74) is 6.96. The number of aliphatic hydroxyl groups excluding tert-OH is 1. The molecule has 0 saturated heterocycles. The highest BCUT2D eigenvalue weighted by atomic mass is 32.2. The van der Waals surface area contributed by atoms with Crippen LogP contribution < -0.4 is 0 Å². The number of thioether (sulfide) groups is 1. The van der Waals surface area contributed by atoms with Gasteiger partial charge in [0.25, 0.3) is 0 Å². The molecule has 1 aromatic heterocycles. The van der Waals surface area contributed by atoms with Crippen LogP contribution in [-0.2, 0) is 6.42 Å². The largest absolute Gasteiger partial charge is 0.393 e. The van der Waals surface area contributed by atoms with Crippen molar-refractivity contribution < 1.29 is 15.0 Å². The molecule has 6 heteroatoms. The third-order valence-corrected chi connectivity index (χ3v) is 12.2. The van der Waals surface area contributed by atoms with Gasteiger partial charge >= 0.3 is 0 Å². The Bertz CT molecular complexity index is 1930. The first-order valence-corrected chi connectivity index (χ1v) is 18.4. The number of benzene rings is 3. The molecule has 7 rings (SSSR count). The molecule has 0 aliphatic heterocycles. The van der Waals surface area contributed by atoms with Crippen LogP contribution in [-0.4, -0.2) is 38.4 Å². The Balaban J connectivity index is 1.46. The van der Waals surface area contributed by atoms with Gasteiger partial charge in [0.15, 0.2) is 5.78 Å². The highest BCUT2D eigenvalue weighted by Gasteiger charge is 2.56. The summed E-state index contributed by atoms with van der Waals surface area (Å²) >= 11 is 1.47. The molecule has 0 spiro atoms. The first-order valence-electron chi connectivity index (χ1n) is 17.4. The van der Waals surface area contributed by atoms with Crippen LogP contribution in [0.1, 0.15) is 102 Å². The number of carbonyl (C=O) groups is 1. The van der Waals surface area contributed by atoms with Crippen LogP contribution in [0, 0.1) is 30.6 Å². The predicted molar refractivity (Wildman–Crippen MR) is 198 cm³/mol. The zero-order chi connectivity index (χ0) is 34.8. The molecule has 4 atom stereocenters. The van der Waals surface area contributed by atoms with Crippen LogP contribution in [0.4, 0.5) is 0 Å². The molecular weight excluding hydrogens is 625 g/mol. The minimum atomic E-state index is -1.07. The molecule has 3 aliphatic carbocycles. The topological polar surface area (TPSA) is 94.2 Å². The van der Waals surface area contributed by atoms with Crippen molar-refractivity contribution in [3.05, 3.63) is 130 Å². The molecule has 2 N–H and O–H groups in total. The van der Waals surface area contributed by atoms with Crippen LogP contribution in [0.5, 0.6) is 0 Å². The van der Waals surface area contributed by atoms with Crippen molar-refractivity contribution in [1.29, 1.82) is 5.26 Å². The van der Waals surface area contributed by atoms with E-state index in [9.17, 15) is 20.3 Å². The molecule has 1 saturated carbocycles. The highest BCUT2D eigenvalue weighted by molar-refractivity contribution is 7.99. The average Bonchev–Trinajstić information content (AvgIpc) is 3.35. The summed E-state index contributed by atoms with van der Waals surface area (Å²) in [5.74, 6) is 0.274. The molecule has 1 heterocycles. The van der Waals surface area contributed by atoms with Crippen molar-refractivity contribution >= 4 is 17.5 Å². The van der Waals surface area contributed by atoms with Gasteiger partial charge in [-0.1, -0.05) is 85.3 Å². The second-order valence-electron chi connectivity index (χ2n) is 14.3. The van der Waals surface area contributed by atoms with Gasteiger partial charge in [-0.15, -0.1) is 11.8 Å². The van der Waals surface area contributed by atoms with Crippen molar-refractivity contribution in [3.8, 4) is 17.2 Å². The number of carbonyl (C=O) groups excluding carboxylic acids is 1. The van der Waals surface area contributed by atoms with Crippen molar-refractivity contribution in [2.75, 3.05) is 5.75 Å². The lowest BCUT2D eigenvalue weighted by atomic mass is 9.65. The maximum Gasteiger partial charge on any atom is 0.193 e. The molecule has 2 bridgehead atoms. The fourth-order valence-corrected chi connectivity index (χ4v) is 9.51. The van der Waals surface area contributed by atoms with Gasteiger partial charge in [-0.3, -0.25) is 4.79 Å². The van der Waals surface area contributed by atoms with E-state index in [2.05, 4.69) is 38.1 Å². The summed E-state index contributed by atoms with van der Waals surface area (Å²) in [6.07, 6.45) is 6.49. The SMILES string of the molecule is CC1=CCCC2(C)C(CCC2(O)CSc2nc(C)cc(C)c2C#N)c2ccc(cc2C(=O)c2ccccc2-c2ccccc2)CC(O)CC1. The summed E-state index contributed by atoms with van der Waals surface area (Å²) < 4.78 is 0. The van der Waals surface area contributed by atoms with E-state index in [4.69, 9.17) is 4.98 Å². The van der Waals surface area contributed by atoms with Gasteiger partial charge in [0.1, 0.15) is 11.1 Å². The van der Waals surface area contributed by atoms with E-state index in [1.165, 1.54) is 17.3 Å². The van der Waals surface area contributed by atoms with E-state index in [-0.39, 0.29) is 11.7 Å². The zero-order valence-electron chi connectivity index (χ0n) is 29.0. The van der Waals surface area contributed by atoms with E-state index >= 15 is 0 Å². The normalized spacial score (nSPS) is 24.1. The number of fused-ring (bicyclic) bond motifs is 8. The van der Waals surface area contributed by atoms with Gasteiger partial charge in [-0.2, -0.15) is 5.26 Å². The lowest BCUT2D eigenvalue weighted by Gasteiger charge is -2.44. The van der Waals surface area contributed by atoms with Crippen LogP contribution in [0.2, 0.25) is 0 Å². The van der Waals surface area contributed by atoms with E-state index in [0.29, 0.717) is 46.7 Å². The van der Waals surface area contributed by atoms with Crippen LogP contribution in [0.15, 0.2) is 95.5 Å². The molecule has 5 nitrogen and oxygen atoms in total. The van der Waals surface area contributed by atoms with E-state index in [1.54, 1.807) is 0 Å². The Morgan fingerprint density at radius 1 is 0.980 bits per heavy atom. The number of rotatable bonds is 6. The third kappa shape index (κ3) is 7.03. The van der Waals surface area contributed by atoms with Gasteiger partial charge in [0.05, 0.1) is 17.3 Å². The van der Waals surface area contributed by atoms with Gasteiger partial charge < -0.3 is 10.2 Å². The molecule has 4 unspecified atom stereocenters. The minimum Gasteiger partial charge on any atom is -0.393 e. The third-order valence-electron chi connectivity index (χ3n) is 11.0. The number of aryl methyl sites for hydroxylation is 2. The Morgan fingerprint density at radius 3 is 2.51 bits per heavy atom. The summed E-state index contributed by atoms with van der Waals surface area (Å²) in [4.78, 5) is 19.5. The molecule has 0 amide bonds. The number of pyridine rings is 1. The minimum absolute atomic E-state index is 0.0427. The highest BCUT2D eigenvalue weighted by Crippen LogP contribution is 2.59. The van der Waals surface area contributed by atoms with Crippen molar-refractivity contribution in [1.82, 2.24) is 4.98 Å². The first kappa shape index (κ1) is 34.8. The molecule has 4 aromatic rings. The smallest absolute Gasteiger partial charge is 0.193 e. The van der Waals surface area contributed by atoms with Crippen LogP contribution >= 0.6 is 11.8 Å². The Morgan fingerprint density at radius 2 is 1.73 bits per heavy atom. The number of hydrogen-bond donors (Lipinski definition) is 2. The molecule has 3 aliphatic rings. The molecule has 252 valence electrons. The zero-order valence-corrected chi connectivity index (χ0v) is 29.8. The number of nitrogens with zero attached hydrogens (tertiary/aromatic N) is 2. The Labute approximate surface area is 295 Å². The molecule has 3 aromatic carbocycles. The monoisotopic (exact) mass is 670 g/mol. The van der Waals surface area contributed by atoms with Gasteiger partial charge in [-0.25, -0.2) is 4.98 Å². The lowest BCUT2D eigenvalue weighted by Crippen LogP contribution is -2.46. The van der Waals surface area contributed by atoms with Crippen LogP contribution in [0.3, 0.4) is 0 Å². The molecule has 0 radical (unpaired) electrons. The number of hydrogen-bond acceptors (Lipinski definition) is 6. The maximum absolute atomic E-state index is 14.8. The van der Waals surface area contributed by atoms with Crippen molar-refractivity contribution in [2.24, 2.45) is 5.41 Å². The number of allylic oxidation sites excluding steroid dienone is 2. The second-order valence-corrected chi connectivity index (χ2v) is 15.3. The quantitative estimate of drug-likeness (QED) is 0.121. The predicted octanol–water partition coefficient (Wildman–Crippen LogP) is 9.30. The molecule has 1 fully saturated rings. The second kappa shape index (κ2) is 14.5. The van der Waals surface area contributed by atoms with Crippen LogP contribution in [0.25, 0.3) is 11.1 Å². The lowest BCUT2D eigenvalue weighted by molar-refractivity contribution is -0.0422. The standard InChI is InChI=1S/C43H46N2O3S/c1-28-11-10-21-42(4)39(20-22-43(42,48)27-49-41-38(26-44)29(2)23-30(3)45-41)35-19-17-31(24-33(46)18-16-28)25-37(35)40(47)36-15-9-8-14-34(36)32-12-6-5-7-13-32/h5-9,11-15,17,19,23,25,33,39,46,48H,10,16,18,20-22,24,27H2,1-4H3. The summed E-state index contributed by atoms with van der Waals surface area (Å²) in [6.45, 7) is 8.19. The number of aromatic nitrogens is 1. The Kier molecular flexibility index (Phi) is 10.3. The fraction of sp³-hybridized carbons (Fsp3) is 0.372. The van der Waals surface area contributed by atoms with Crippen molar-refractivity contribution in [2.45, 2.75) is 95.3 Å². The van der Waals surface area contributed by atoms with Gasteiger partial charge in [-0.05, 0) is 112 Å². The van der Waals surface area contributed by atoms with E-state index < -0.39 is 17.1 Å². The summed E-state index contributed by atoms with van der Waals surface area (Å²) in [6, 6.07) is 28.2. The number of nitriles is 1. The van der Waals surface area contributed by atoms with Crippen molar-refractivity contribution in [3.63, 3.8) is 0 Å². The number of ketones is 1. The maximum atomic E-state index is 14.8. The van der Waals surface area contributed by atoms with Gasteiger partial charge in [0, 0.05) is 28.0 Å². The fourth-order valence-electron chi connectivity index (χ4n) is 8.10. The molecule has 49 heavy (non-hydrogen) atoms.